The van der Waals surface area contributed by atoms with Crippen LogP contribution in [-0.4, -0.2) is 29.2 Å². The van der Waals surface area contributed by atoms with Gasteiger partial charge in [-0.05, 0) is 42.7 Å². The van der Waals surface area contributed by atoms with Gasteiger partial charge in [0.05, 0.1) is 6.10 Å². The molecule has 1 aliphatic heterocycles. The van der Waals surface area contributed by atoms with E-state index in [4.69, 9.17) is 4.74 Å². The smallest absolute Gasteiger partial charge is 0.127 e. The molecular weight excluding hydrogens is 262 g/mol. The van der Waals surface area contributed by atoms with Crippen molar-refractivity contribution in [3.8, 4) is 11.5 Å². The van der Waals surface area contributed by atoms with Crippen LogP contribution >= 0.6 is 0 Å². The molecule has 1 heterocycles. The third-order valence-electron chi connectivity index (χ3n) is 3.87. The normalized spacial score (nSPS) is 16.8. The molecule has 0 bridgehead atoms. The van der Waals surface area contributed by atoms with E-state index in [0.717, 1.165) is 44.0 Å². The molecule has 3 nitrogen and oxygen atoms in total. The zero-order valence-corrected chi connectivity index (χ0v) is 12.1. The van der Waals surface area contributed by atoms with Gasteiger partial charge in [-0.25, -0.2) is 0 Å². The highest BCUT2D eigenvalue weighted by Crippen LogP contribution is 2.22. The number of hydrogen-bond donors (Lipinski definition) is 1. The van der Waals surface area contributed by atoms with Gasteiger partial charge in [-0.15, -0.1) is 0 Å². The van der Waals surface area contributed by atoms with Crippen molar-refractivity contribution in [2.24, 2.45) is 0 Å². The Bertz CT molecular complexity index is 545. The van der Waals surface area contributed by atoms with E-state index >= 15 is 0 Å². The number of rotatable bonds is 4. The Balaban J connectivity index is 1.57. The number of aliphatic hydroxyl groups is 1. The first kappa shape index (κ1) is 14.1. The van der Waals surface area contributed by atoms with E-state index in [0.29, 0.717) is 0 Å². The molecule has 1 N–H and O–H groups in total. The minimum atomic E-state index is -0.108. The van der Waals surface area contributed by atoms with Crippen LogP contribution in [0.2, 0.25) is 0 Å². The minimum Gasteiger partial charge on any atom is -0.457 e. The molecule has 110 valence electrons. The van der Waals surface area contributed by atoms with E-state index in [1.807, 2.05) is 42.5 Å². The fourth-order valence-corrected chi connectivity index (χ4v) is 2.62. The number of para-hydroxylation sites is 1. The first-order valence-electron chi connectivity index (χ1n) is 7.52. The van der Waals surface area contributed by atoms with Gasteiger partial charge >= 0.3 is 0 Å². The molecule has 0 spiro atoms. The fraction of sp³-hybridized carbons (Fsp3) is 0.333. The van der Waals surface area contributed by atoms with Gasteiger partial charge in [0.2, 0.25) is 0 Å². The molecule has 2 aromatic carbocycles. The molecule has 1 saturated heterocycles. The van der Waals surface area contributed by atoms with Crippen molar-refractivity contribution in [2.75, 3.05) is 13.1 Å². The van der Waals surface area contributed by atoms with Gasteiger partial charge in [0.1, 0.15) is 11.5 Å². The Kier molecular flexibility index (Phi) is 4.53. The summed E-state index contributed by atoms with van der Waals surface area (Å²) in [5.41, 5.74) is 1.28. The molecule has 0 radical (unpaired) electrons. The number of benzene rings is 2. The number of piperidine rings is 1. The van der Waals surface area contributed by atoms with Gasteiger partial charge in [0.25, 0.3) is 0 Å². The molecule has 0 aromatic heterocycles. The number of hydrogen-bond acceptors (Lipinski definition) is 3. The summed E-state index contributed by atoms with van der Waals surface area (Å²) >= 11 is 0. The van der Waals surface area contributed by atoms with E-state index in [2.05, 4.69) is 17.0 Å². The predicted octanol–water partition coefficient (Wildman–Crippen LogP) is 3.44. The number of ether oxygens (including phenoxy) is 1. The van der Waals surface area contributed by atoms with Crippen molar-refractivity contribution >= 4 is 0 Å². The zero-order valence-electron chi connectivity index (χ0n) is 12.1. The Morgan fingerprint density at radius 3 is 2.19 bits per heavy atom. The van der Waals surface area contributed by atoms with Crippen molar-refractivity contribution in [1.82, 2.24) is 4.90 Å². The van der Waals surface area contributed by atoms with Crippen LogP contribution in [0.3, 0.4) is 0 Å². The second kappa shape index (κ2) is 6.74. The highest BCUT2D eigenvalue weighted by molar-refractivity contribution is 5.32. The number of aliphatic hydroxyl groups excluding tert-OH is 1. The van der Waals surface area contributed by atoms with Gasteiger partial charge < -0.3 is 9.84 Å². The van der Waals surface area contributed by atoms with Crippen LogP contribution in [0.1, 0.15) is 18.4 Å². The predicted molar refractivity (Wildman–Crippen MR) is 83.5 cm³/mol. The summed E-state index contributed by atoms with van der Waals surface area (Å²) in [4.78, 5) is 2.39. The second-order valence-electron chi connectivity index (χ2n) is 5.57. The summed E-state index contributed by atoms with van der Waals surface area (Å²) < 4.78 is 5.79. The third-order valence-corrected chi connectivity index (χ3v) is 3.87. The van der Waals surface area contributed by atoms with Crippen LogP contribution in [-0.2, 0) is 6.54 Å². The van der Waals surface area contributed by atoms with Crippen LogP contribution in [0.5, 0.6) is 11.5 Å². The van der Waals surface area contributed by atoms with Crippen molar-refractivity contribution < 1.29 is 9.84 Å². The van der Waals surface area contributed by atoms with Gasteiger partial charge in [0, 0.05) is 19.6 Å². The SMILES string of the molecule is OC1CCN(Cc2ccc(Oc3ccccc3)cc2)CC1. The Hall–Kier alpha value is -1.84. The number of likely N-dealkylation sites (tertiary alicyclic amines) is 1. The topological polar surface area (TPSA) is 32.7 Å². The highest BCUT2D eigenvalue weighted by atomic mass is 16.5. The van der Waals surface area contributed by atoms with Crippen LogP contribution in [0.4, 0.5) is 0 Å². The van der Waals surface area contributed by atoms with Crippen molar-refractivity contribution in [2.45, 2.75) is 25.5 Å². The molecule has 1 fully saturated rings. The largest absolute Gasteiger partial charge is 0.457 e. The van der Waals surface area contributed by atoms with Gasteiger partial charge in [-0.3, -0.25) is 4.90 Å². The monoisotopic (exact) mass is 283 g/mol. The molecule has 2 aromatic rings. The lowest BCUT2D eigenvalue weighted by Crippen LogP contribution is -2.35. The van der Waals surface area contributed by atoms with Crippen LogP contribution < -0.4 is 4.74 Å². The summed E-state index contributed by atoms with van der Waals surface area (Å²) in [5.74, 6) is 1.72. The van der Waals surface area contributed by atoms with Crippen LogP contribution in [0.25, 0.3) is 0 Å². The third kappa shape index (κ3) is 4.06. The van der Waals surface area contributed by atoms with E-state index in [9.17, 15) is 5.11 Å². The van der Waals surface area contributed by atoms with Crippen LogP contribution in [0, 0.1) is 0 Å². The molecule has 3 heteroatoms. The highest BCUT2D eigenvalue weighted by Gasteiger charge is 2.16. The molecule has 0 atom stereocenters. The van der Waals surface area contributed by atoms with E-state index in [-0.39, 0.29) is 6.10 Å². The average Bonchev–Trinajstić information content (AvgIpc) is 2.53. The lowest BCUT2D eigenvalue weighted by molar-refractivity contribution is 0.0792. The lowest BCUT2D eigenvalue weighted by atomic mass is 10.1. The fourth-order valence-electron chi connectivity index (χ4n) is 2.62. The van der Waals surface area contributed by atoms with Crippen molar-refractivity contribution in [3.05, 3.63) is 60.2 Å². The minimum absolute atomic E-state index is 0.108. The summed E-state index contributed by atoms with van der Waals surface area (Å²) in [7, 11) is 0. The summed E-state index contributed by atoms with van der Waals surface area (Å²) in [6.45, 7) is 2.89. The quantitative estimate of drug-likeness (QED) is 0.933. The number of nitrogens with zero attached hydrogens (tertiary/aromatic N) is 1. The maximum atomic E-state index is 9.53. The molecule has 0 aliphatic carbocycles. The van der Waals surface area contributed by atoms with Gasteiger partial charge in [-0.1, -0.05) is 30.3 Å². The summed E-state index contributed by atoms with van der Waals surface area (Å²) in [6, 6.07) is 18.1. The van der Waals surface area contributed by atoms with E-state index in [1.54, 1.807) is 0 Å². The standard InChI is InChI=1S/C18H21NO2/c20-16-10-12-19(13-11-16)14-15-6-8-18(9-7-15)21-17-4-2-1-3-5-17/h1-9,16,20H,10-14H2. The maximum absolute atomic E-state index is 9.53. The Labute approximate surface area is 125 Å². The first-order valence-corrected chi connectivity index (χ1v) is 7.52. The Morgan fingerprint density at radius 1 is 0.905 bits per heavy atom. The van der Waals surface area contributed by atoms with Crippen molar-refractivity contribution in [3.63, 3.8) is 0 Å². The van der Waals surface area contributed by atoms with Gasteiger partial charge in [0.15, 0.2) is 0 Å². The molecule has 3 rings (SSSR count). The zero-order chi connectivity index (χ0) is 14.5. The maximum Gasteiger partial charge on any atom is 0.127 e. The molecule has 1 aliphatic rings. The van der Waals surface area contributed by atoms with Crippen LogP contribution in [0.15, 0.2) is 54.6 Å². The molecular formula is C18H21NO2. The molecule has 0 unspecified atom stereocenters. The molecule has 21 heavy (non-hydrogen) atoms. The van der Waals surface area contributed by atoms with Crippen molar-refractivity contribution in [1.29, 1.82) is 0 Å². The lowest BCUT2D eigenvalue weighted by Gasteiger charge is -2.29. The molecule has 0 amide bonds. The van der Waals surface area contributed by atoms with Gasteiger partial charge in [-0.2, -0.15) is 0 Å². The summed E-state index contributed by atoms with van der Waals surface area (Å²) in [5, 5.41) is 9.53. The van der Waals surface area contributed by atoms with E-state index in [1.165, 1.54) is 5.56 Å². The summed E-state index contributed by atoms with van der Waals surface area (Å²) in [6.07, 6.45) is 1.66. The first-order chi connectivity index (χ1) is 10.3. The average molecular weight is 283 g/mol. The van der Waals surface area contributed by atoms with E-state index < -0.39 is 0 Å². The molecule has 0 saturated carbocycles. The second-order valence-corrected chi connectivity index (χ2v) is 5.57. The Morgan fingerprint density at radius 2 is 1.52 bits per heavy atom.